The number of ether oxygens (including phenoxy) is 1. The highest BCUT2D eigenvalue weighted by atomic mass is 35.5. The zero-order valence-electron chi connectivity index (χ0n) is 24.8. The van der Waals surface area contributed by atoms with E-state index in [1.54, 1.807) is 71.7 Å². The van der Waals surface area contributed by atoms with Gasteiger partial charge >= 0.3 is 6.01 Å². The number of nitrogens with one attached hydrogen (secondary N) is 1. The van der Waals surface area contributed by atoms with Crippen LogP contribution >= 0.6 is 11.6 Å². The van der Waals surface area contributed by atoms with Crippen LogP contribution in [0.15, 0.2) is 79.3 Å². The van der Waals surface area contributed by atoms with Crippen LogP contribution in [0.1, 0.15) is 29.3 Å². The highest BCUT2D eigenvalue weighted by Gasteiger charge is 2.40. The molecule has 0 radical (unpaired) electrons. The number of nitrogens with zero attached hydrogens (tertiary/aromatic N) is 4. The number of amides is 2. The molecular formula is C34H28ClF2N5O4. The number of hydrogen-bond acceptors (Lipinski definition) is 6. The van der Waals surface area contributed by atoms with E-state index in [1.807, 2.05) is 6.92 Å². The monoisotopic (exact) mass is 643 g/mol. The Morgan fingerprint density at radius 1 is 1.04 bits per heavy atom. The lowest BCUT2D eigenvalue weighted by atomic mass is 10.0. The van der Waals surface area contributed by atoms with Gasteiger partial charge in [0, 0.05) is 57.6 Å². The second-order valence-electron chi connectivity index (χ2n) is 11.1. The molecule has 12 heteroatoms. The molecule has 3 heterocycles. The number of Topliss-reactive ketones (excluding diaryl/α,β-unsaturated/α-hetero) is 1. The van der Waals surface area contributed by atoms with Gasteiger partial charge in [0.25, 0.3) is 0 Å². The minimum atomic E-state index is -1.45. The smallest absolute Gasteiger partial charge is 0.321 e. The van der Waals surface area contributed by atoms with E-state index in [0.29, 0.717) is 32.8 Å². The predicted molar refractivity (Wildman–Crippen MR) is 169 cm³/mol. The van der Waals surface area contributed by atoms with Crippen molar-refractivity contribution in [2.45, 2.75) is 39.0 Å². The second kappa shape index (κ2) is 12.7. The minimum absolute atomic E-state index is 0.117. The molecule has 1 fully saturated rings. The fourth-order valence-electron chi connectivity index (χ4n) is 5.57. The van der Waals surface area contributed by atoms with E-state index in [0.717, 1.165) is 10.5 Å². The number of alkyl halides is 1. The number of ketones is 1. The van der Waals surface area contributed by atoms with Crippen molar-refractivity contribution in [3.05, 3.63) is 101 Å². The van der Waals surface area contributed by atoms with Gasteiger partial charge < -0.3 is 19.5 Å². The number of hydrogen-bond donors (Lipinski definition) is 1. The number of anilines is 1. The van der Waals surface area contributed by atoms with Crippen molar-refractivity contribution in [1.29, 1.82) is 0 Å². The summed E-state index contributed by atoms with van der Waals surface area (Å²) in [5, 5.41) is 3.42. The molecule has 1 N–H and O–H groups in total. The SMILES string of the molecule is CC(=O)c1cn(CC(=O)N2C[C@H](F)C[C@H]2C(=O)Nc2cccc(-c3ccccc3Cl)c2F)c2ccc(Oc3ncc(C)cn3)cc12. The molecule has 1 aliphatic rings. The summed E-state index contributed by atoms with van der Waals surface area (Å²) in [4.78, 5) is 48.9. The van der Waals surface area contributed by atoms with Crippen LogP contribution in [0.3, 0.4) is 0 Å². The van der Waals surface area contributed by atoms with Crippen molar-refractivity contribution >= 4 is 45.8 Å². The van der Waals surface area contributed by atoms with Gasteiger partial charge in [-0.2, -0.15) is 0 Å². The number of aryl methyl sites for hydroxylation is 1. The normalized spacial score (nSPS) is 16.1. The molecule has 0 unspecified atom stereocenters. The number of halogens is 3. The van der Waals surface area contributed by atoms with E-state index in [4.69, 9.17) is 16.3 Å². The maximum atomic E-state index is 15.5. The summed E-state index contributed by atoms with van der Waals surface area (Å²) in [5.74, 6) is -1.80. The molecule has 0 aliphatic carbocycles. The van der Waals surface area contributed by atoms with Gasteiger partial charge in [0.15, 0.2) is 11.6 Å². The minimum Gasteiger partial charge on any atom is -0.424 e. The van der Waals surface area contributed by atoms with Crippen molar-refractivity contribution in [2.75, 3.05) is 11.9 Å². The lowest BCUT2D eigenvalue weighted by Gasteiger charge is -2.24. The van der Waals surface area contributed by atoms with Gasteiger partial charge in [0.1, 0.15) is 24.5 Å². The third-order valence-electron chi connectivity index (χ3n) is 7.80. The Labute approximate surface area is 267 Å². The fourth-order valence-corrected chi connectivity index (χ4v) is 5.81. The van der Waals surface area contributed by atoms with E-state index in [1.165, 1.54) is 19.1 Å². The summed E-state index contributed by atoms with van der Waals surface area (Å²) in [6.07, 6.45) is 3.09. The van der Waals surface area contributed by atoms with Gasteiger partial charge in [-0.15, -0.1) is 0 Å². The van der Waals surface area contributed by atoms with E-state index >= 15 is 4.39 Å². The molecule has 3 aromatic carbocycles. The molecule has 2 atom stereocenters. The highest BCUT2D eigenvalue weighted by molar-refractivity contribution is 6.33. The molecule has 2 aromatic heterocycles. The number of aromatic nitrogens is 3. The zero-order valence-corrected chi connectivity index (χ0v) is 25.6. The van der Waals surface area contributed by atoms with Crippen LogP contribution in [-0.2, 0) is 16.1 Å². The summed E-state index contributed by atoms with van der Waals surface area (Å²) in [7, 11) is 0. The van der Waals surface area contributed by atoms with Gasteiger partial charge in [0.05, 0.1) is 12.2 Å². The van der Waals surface area contributed by atoms with Gasteiger partial charge in [-0.3, -0.25) is 14.4 Å². The molecule has 5 aromatic rings. The van der Waals surface area contributed by atoms with E-state index in [9.17, 15) is 18.8 Å². The summed E-state index contributed by atoms with van der Waals surface area (Å²) in [5.41, 5.74) is 2.30. The van der Waals surface area contributed by atoms with Crippen molar-refractivity contribution in [2.24, 2.45) is 0 Å². The molecule has 0 saturated carbocycles. The summed E-state index contributed by atoms with van der Waals surface area (Å²) in [6.45, 7) is 2.70. The third-order valence-corrected chi connectivity index (χ3v) is 8.13. The van der Waals surface area contributed by atoms with Crippen LogP contribution in [0.5, 0.6) is 11.8 Å². The van der Waals surface area contributed by atoms with Crippen LogP contribution < -0.4 is 10.1 Å². The number of likely N-dealkylation sites (tertiary alicyclic amines) is 1. The van der Waals surface area contributed by atoms with Crippen molar-refractivity contribution in [3.63, 3.8) is 0 Å². The van der Waals surface area contributed by atoms with Gasteiger partial charge in [-0.1, -0.05) is 41.9 Å². The van der Waals surface area contributed by atoms with Crippen molar-refractivity contribution < 1.29 is 27.9 Å². The molecule has 46 heavy (non-hydrogen) atoms. The fraction of sp³-hybridized carbons (Fsp3) is 0.206. The Morgan fingerprint density at radius 2 is 1.78 bits per heavy atom. The number of carbonyl (C=O) groups excluding carboxylic acids is 3. The van der Waals surface area contributed by atoms with E-state index in [-0.39, 0.29) is 42.6 Å². The number of carbonyl (C=O) groups is 3. The Bertz CT molecular complexity index is 1980. The first-order valence-electron chi connectivity index (χ1n) is 14.5. The molecular weight excluding hydrogens is 616 g/mol. The summed E-state index contributed by atoms with van der Waals surface area (Å²) >= 11 is 6.26. The second-order valence-corrected chi connectivity index (χ2v) is 11.5. The Hall–Kier alpha value is -5.16. The van der Waals surface area contributed by atoms with E-state index in [2.05, 4.69) is 15.3 Å². The number of rotatable bonds is 8. The molecule has 0 bridgehead atoms. The Balaban J connectivity index is 1.22. The van der Waals surface area contributed by atoms with Crippen LogP contribution in [0, 0.1) is 12.7 Å². The van der Waals surface area contributed by atoms with Gasteiger partial charge in [0.2, 0.25) is 11.8 Å². The lowest BCUT2D eigenvalue weighted by Crippen LogP contribution is -2.44. The quantitative estimate of drug-likeness (QED) is 0.187. The van der Waals surface area contributed by atoms with Crippen LogP contribution in [0.2, 0.25) is 5.02 Å². The highest BCUT2D eigenvalue weighted by Crippen LogP contribution is 2.34. The van der Waals surface area contributed by atoms with Crippen molar-refractivity contribution in [3.8, 4) is 22.9 Å². The zero-order chi connectivity index (χ0) is 32.5. The average Bonchev–Trinajstić information content (AvgIpc) is 3.60. The lowest BCUT2D eigenvalue weighted by molar-refractivity contribution is -0.137. The first-order valence-corrected chi connectivity index (χ1v) is 14.8. The van der Waals surface area contributed by atoms with Crippen LogP contribution in [-0.4, -0.2) is 55.8 Å². The molecule has 9 nitrogen and oxygen atoms in total. The van der Waals surface area contributed by atoms with Crippen LogP contribution in [0.4, 0.5) is 14.5 Å². The number of fused-ring (bicyclic) bond motifs is 1. The van der Waals surface area contributed by atoms with Gasteiger partial charge in [-0.25, -0.2) is 18.7 Å². The molecule has 234 valence electrons. The van der Waals surface area contributed by atoms with Crippen LogP contribution in [0.25, 0.3) is 22.0 Å². The molecule has 2 amide bonds. The molecule has 0 spiro atoms. The third kappa shape index (κ3) is 6.18. The molecule has 6 rings (SSSR count). The first-order chi connectivity index (χ1) is 22.1. The number of benzene rings is 3. The maximum absolute atomic E-state index is 15.5. The maximum Gasteiger partial charge on any atom is 0.321 e. The molecule has 1 saturated heterocycles. The summed E-state index contributed by atoms with van der Waals surface area (Å²) < 4.78 is 37.5. The largest absolute Gasteiger partial charge is 0.424 e. The van der Waals surface area contributed by atoms with Gasteiger partial charge in [-0.05, 0) is 49.7 Å². The van der Waals surface area contributed by atoms with E-state index < -0.39 is 29.8 Å². The predicted octanol–water partition coefficient (Wildman–Crippen LogP) is 6.77. The van der Waals surface area contributed by atoms with Crippen molar-refractivity contribution in [1.82, 2.24) is 19.4 Å². The Morgan fingerprint density at radius 3 is 2.52 bits per heavy atom. The standard InChI is InChI=1S/C34H28ClF2N5O4/c1-19-14-38-34(39-15-19)46-22-10-11-29-25(13-22)26(20(2)43)17-41(29)18-31(44)42-16-21(36)12-30(42)33(45)40-28-9-5-7-24(32(28)37)23-6-3-4-8-27(23)35/h3-11,13-15,17,21,30H,12,16,18H2,1-2H3,(H,40,45)/t21-,30+/m1/s1. The first kappa shape index (κ1) is 30.8. The Kier molecular flexibility index (Phi) is 8.50. The average molecular weight is 644 g/mol. The topological polar surface area (TPSA) is 106 Å². The summed E-state index contributed by atoms with van der Waals surface area (Å²) in [6, 6.07) is 15.2. The molecule has 1 aliphatic heterocycles.